The standard InChI is InChI=1S/C15H27Si.2ClH.Zr/c1-10-9-15(13(3,4)5,14(6,7)8)12(16)11(10)2;;;/h1-8,16H3;2*1H;/q-1;;;+3/p-2. The van der Waals surface area contributed by atoms with E-state index in [4.69, 9.17) is 0 Å². The van der Waals surface area contributed by atoms with Crippen LogP contribution in [0.3, 0.4) is 0 Å². The van der Waals surface area contributed by atoms with E-state index >= 15 is 0 Å². The quantitative estimate of drug-likeness (QED) is 0.313. The molecule has 4 heteroatoms. The molecule has 0 spiro atoms. The zero-order chi connectivity index (χ0) is 12.9. The summed E-state index contributed by atoms with van der Waals surface area (Å²) in [6.45, 7) is 18.6. The molecule has 1 radical (unpaired) electrons. The molecule has 0 fully saturated rings. The smallest absolute Gasteiger partial charge is 1.00 e. The summed E-state index contributed by atoms with van der Waals surface area (Å²) in [7, 11) is 1.14. The Labute approximate surface area is 154 Å². The van der Waals surface area contributed by atoms with E-state index in [1.54, 1.807) is 5.20 Å². The third-order valence-corrected chi connectivity index (χ3v) is 5.81. The molecule has 109 valence electrons. The molecule has 0 aromatic rings. The number of halogens is 2. The molecule has 0 heterocycles. The normalized spacial score (nSPS) is 18.2. The van der Waals surface area contributed by atoms with Crippen LogP contribution in [0.1, 0.15) is 55.4 Å². The molecule has 0 bridgehead atoms. The first kappa shape index (κ1) is 25.1. The average molecular weight is 398 g/mol. The minimum Gasteiger partial charge on any atom is -1.00 e. The number of hydrogen-bond acceptors (Lipinski definition) is 0. The van der Waals surface area contributed by atoms with Crippen LogP contribution in [-0.4, -0.2) is 10.2 Å². The van der Waals surface area contributed by atoms with Crippen LogP contribution in [0.25, 0.3) is 0 Å². The molecular formula is C15H27Cl2SiZr. The first-order valence-electron chi connectivity index (χ1n) is 6.25. The van der Waals surface area contributed by atoms with Crippen molar-refractivity contribution in [3.05, 3.63) is 22.4 Å². The van der Waals surface area contributed by atoms with Crippen molar-refractivity contribution in [2.75, 3.05) is 0 Å². The van der Waals surface area contributed by atoms with E-state index in [1.165, 1.54) is 11.1 Å². The van der Waals surface area contributed by atoms with E-state index < -0.39 is 0 Å². The monoisotopic (exact) mass is 395 g/mol. The fourth-order valence-corrected chi connectivity index (χ4v) is 5.66. The van der Waals surface area contributed by atoms with Crippen molar-refractivity contribution in [2.24, 2.45) is 16.2 Å². The van der Waals surface area contributed by atoms with Crippen molar-refractivity contribution >= 4 is 10.2 Å². The minimum absolute atomic E-state index is 0. The number of allylic oxidation sites excluding steroid dienone is 4. The molecule has 0 amide bonds. The summed E-state index contributed by atoms with van der Waals surface area (Å²) in [5, 5.41) is 1.64. The Kier molecular flexibility index (Phi) is 9.83. The summed E-state index contributed by atoms with van der Waals surface area (Å²) < 4.78 is 0. The Morgan fingerprint density at radius 3 is 1.32 bits per heavy atom. The Morgan fingerprint density at radius 1 is 0.895 bits per heavy atom. The maximum atomic E-state index is 3.82. The van der Waals surface area contributed by atoms with Gasteiger partial charge in [0.05, 0.1) is 0 Å². The molecule has 0 saturated heterocycles. The summed E-state index contributed by atoms with van der Waals surface area (Å²) in [6.07, 6.45) is 3.82. The summed E-state index contributed by atoms with van der Waals surface area (Å²) in [4.78, 5) is 0. The Balaban J connectivity index is -0.000000853. The fourth-order valence-electron chi connectivity index (χ4n) is 3.66. The van der Waals surface area contributed by atoms with Gasteiger partial charge in [-0.05, 0) is 10.8 Å². The molecule has 0 nitrogen and oxygen atoms in total. The largest absolute Gasteiger partial charge is 3.00 e. The summed E-state index contributed by atoms with van der Waals surface area (Å²) in [6, 6.07) is 0. The van der Waals surface area contributed by atoms with Crippen molar-refractivity contribution in [1.29, 1.82) is 0 Å². The fraction of sp³-hybridized carbons (Fsp3) is 0.733. The number of rotatable bonds is 0. The van der Waals surface area contributed by atoms with Crippen LogP contribution >= 0.6 is 0 Å². The first-order valence-corrected chi connectivity index (χ1v) is 7.25. The van der Waals surface area contributed by atoms with Gasteiger partial charge in [0.2, 0.25) is 0 Å². The average Bonchev–Trinajstić information content (AvgIpc) is 2.27. The molecule has 1 aliphatic carbocycles. The van der Waals surface area contributed by atoms with Crippen molar-refractivity contribution in [3.63, 3.8) is 0 Å². The molecule has 0 saturated carbocycles. The predicted molar refractivity (Wildman–Crippen MR) is 76.4 cm³/mol. The zero-order valence-electron chi connectivity index (χ0n) is 13.8. The van der Waals surface area contributed by atoms with Crippen LogP contribution in [0.5, 0.6) is 0 Å². The van der Waals surface area contributed by atoms with Crippen LogP contribution < -0.4 is 24.8 Å². The summed E-state index contributed by atoms with van der Waals surface area (Å²) >= 11 is 0. The summed E-state index contributed by atoms with van der Waals surface area (Å²) in [5.74, 6) is 0. The maximum absolute atomic E-state index is 3.82. The van der Waals surface area contributed by atoms with Gasteiger partial charge in [-0.1, -0.05) is 53.9 Å². The first-order chi connectivity index (χ1) is 6.95. The minimum atomic E-state index is 0. The van der Waals surface area contributed by atoms with Gasteiger partial charge in [-0.25, -0.2) is 11.1 Å². The molecule has 0 aromatic heterocycles. The molecule has 1 rings (SSSR count). The van der Waals surface area contributed by atoms with Gasteiger partial charge in [-0.15, -0.1) is 6.92 Å². The Hall–Kier alpha value is 1.16. The van der Waals surface area contributed by atoms with Crippen LogP contribution in [0.15, 0.2) is 16.3 Å². The van der Waals surface area contributed by atoms with Gasteiger partial charge in [-0.3, -0.25) is 6.08 Å². The maximum Gasteiger partial charge on any atom is 3.00 e. The second-order valence-corrected chi connectivity index (χ2v) is 8.25. The van der Waals surface area contributed by atoms with Crippen LogP contribution in [0.2, 0.25) is 0 Å². The predicted octanol–water partition coefficient (Wildman–Crippen LogP) is -2.53. The zero-order valence-corrected chi connectivity index (χ0v) is 19.7. The third kappa shape index (κ3) is 3.87. The van der Waals surface area contributed by atoms with E-state index in [0.29, 0.717) is 0 Å². The van der Waals surface area contributed by atoms with Crippen molar-refractivity contribution in [3.8, 4) is 0 Å². The van der Waals surface area contributed by atoms with Gasteiger partial charge in [0.15, 0.2) is 0 Å². The van der Waals surface area contributed by atoms with Crippen molar-refractivity contribution < 1.29 is 51.0 Å². The van der Waals surface area contributed by atoms with Gasteiger partial charge >= 0.3 is 26.2 Å². The topological polar surface area (TPSA) is 0 Å². The van der Waals surface area contributed by atoms with Gasteiger partial charge in [0, 0.05) is 10.2 Å². The molecule has 0 N–H and O–H groups in total. The van der Waals surface area contributed by atoms with E-state index in [9.17, 15) is 0 Å². The molecule has 0 unspecified atom stereocenters. The molecule has 19 heavy (non-hydrogen) atoms. The van der Waals surface area contributed by atoms with E-state index in [2.05, 4.69) is 61.5 Å². The molecule has 0 aliphatic heterocycles. The van der Waals surface area contributed by atoms with E-state index in [-0.39, 0.29) is 67.3 Å². The molecule has 0 atom stereocenters. The Bertz CT molecular complexity index is 357. The summed E-state index contributed by atoms with van der Waals surface area (Å²) in [5.41, 5.74) is 3.47. The van der Waals surface area contributed by atoms with Crippen LogP contribution in [0.4, 0.5) is 0 Å². The molecular weight excluding hydrogens is 370 g/mol. The van der Waals surface area contributed by atoms with E-state index in [0.717, 1.165) is 10.2 Å². The van der Waals surface area contributed by atoms with Crippen LogP contribution in [-0.2, 0) is 26.2 Å². The Morgan fingerprint density at radius 2 is 1.21 bits per heavy atom. The van der Waals surface area contributed by atoms with Gasteiger partial charge in [-0.2, -0.15) is 5.20 Å². The number of hydrogen-bond donors (Lipinski definition) is 0. The van der Waals surface area contributed by atoms with Gasteiger partial charge < -0.3 is 24.8 Å². The SMILES string of the molecule is CC1=[C-]C(C(C)(C)C)(C(C)(C)C)C([SiH3])=C1C.[Cl-].[Cl-].[Zr+3]. The molecule has 0 aromatic carbocycles. The van der Waals surface area contributed by atoms with Crippen LogP contribution in [0, 0.1) is 22.3 Å². The second kappa shape index (κ2) is 7.43. The molecule has 1 aliphatic rings. The second-order valence-electron chi connectivity index (χ2n) is 7.25. The van der Waals surface area contributed by atoms with Gasteiger partial charge in [0.25, 0.3) is 0 Å². The van der Waals surface area contributed by atoms with Gasteiger partial charge in [0.1, 0.15) is 0 Å². The van der Waals surface area contributed by atoms with E-state index in [1.807, 2.05) is 0 Å². The van der Waals surface area contributed by atoms with Crippen molar-refractivity contribution in [1.82, 2.24) is 0 Å². The van der Waals surface area contributed by atoms with Crippen molar-refractivity contribution in [2.45, 2.75) is 55.4 Å². The third-order valence-electron chi connectivity index (χ3n) is 4.31.